The molecule has 294 valence electrons. The molecule has 8 aromatic rings. The van der Waals surface area contributed by atoms with Crippen LogP contribution in [0.4, 0.5) is 11.4 Å². The van der Waals surface area contributed by atoms with Crippen LogP contribution in [0.25, 0.3) is 33.2 Å². The Morgan fingerprint density at radius 2 is 1.05 bits per heavy atom. The van der Waals surface area contributed by atoms with Gasteiger partial charge in [-0.15, -0.1) is 0 Å². The maximum Gasteiger partial charge on any atom is 0.338 e. The number of halogens is 2. The maximum atomic E-state index is 12.1. The summed E-state index contributed by atoms with van der Waals surface area (Å²) in [6.45, 7) is 0. The van der Waals surface area contributed by atoms with Gasteiger partial charge >= 0.3 is 11.9 Å². The lowest BCUT2D eigenvalue weighted by molar-refractivity contribution is -0.384. The number of nitrogens with zero attached hydrogens (tertiary/aromatic N) is 4. The minimum absolute atomic E-state index is 0.0290. The molecule has 0 aliphatic heterocycles. The average Bonchev–Trinajstić information content (AvgIpc) is 3.86. The largest absolute Gasteiger partial charge is 0.478 e. The number of aromatic nitrogens is 2. The molecule has 0 saturated heterocycles. The first-order valence-corrected chi connectivity index (χ1v) is 18.7. The van der Waals surface area contributed by atoms with Crippen molar-refractivity contribution in [1.29, 1.82) is 0 Å². The van der Waals surface area contributed by atoms with Crippen LogP contribution in [0.15, 0.2) is 146 Å². The summed E-state index contributed by atoms with van der Waals surface area (Å²) in [5.41, 5.74) is 6.78. The number of para-hydroxylation sites is 4. The predicted octanol–water partition coefficient (Wildman–Crippen LogP) is 11.1. The molecule has 12 nitrogen and oxygen atoms in total. The maximum absolute atomic E-state index is 12.1. The number of carboxylic acid groups (broad SMARTS) is 1. The van der Waals surface area contributed by atoms with Crippen LogP contribution in [-0.4, -0.2) is 43.1 Å². The summed E-state index contributed by atoms with van der Waals surface area (Å²) in [5, 5.41) is 34.9. The van der Waals surface area contributed by atoms with E-state index in [1.807, 2.05) is 60.8 Å². The van der Waals surface area contributed by atoms with Crippen LogP contribution >= 0.6 is 23.2 Å². The van der Waals surface area contributed by atoms with E-state index in [4.69, 9.17) is 27.9 Å². The number of rotatable bonds is 10. The Labute approximate surface area is 346 Å². The van der Waals surface area contributed by atoms with Crippen molar-refractivity contribution in [2.45, 2.75) is 12.8 Å². The zero-order valence-corrected chi connectivity index (χ0v) is 32.6. The Morgan fingerprint density at radius 3 is 1.49 bits per heavy atom. The van der Waals surface area contributed by atoms with Crippen molar-refractivity contribution in [3.05, 3.63) is 210 Å². The van der Waals surface area contributed by atoms with Gasteiger partial charge in [-0.05, 0) is 108 Å². The van der Waals surface area contributed by atoms with Gasteiger partial charge in [0.15, 0.2) is 0 Å². The molecule has 0 saturated carbocycles. The number of aromatic carboxylic acids is 1. The first kappa shape index (κ1) is 39.9. The number of benzene rings is 6. The topological polar surface area (TPSA) is 160 Å². The normalized spacial score (nSPS) is 10.9. The summed E-state index contributed by atoms with van der Waals surface area (Å²) in [6, 6.07) is 38.6. The third-order valence-corrected chi connectivity index (χ3v) is 10.2. The molecule has 0 atom stereocenters. The second-order valence-electron chi connectivity index (χ2n) is 13.4. The first-order valence-electron chi connectivity index (χ1n) is 18.0. The molecular weight excluding hydrogens is 795 g/mol. The van der Waals surface area contributed by atoms with Gasteiger partial charge < -0.3 is 19.0 Å². The fourth-order valence-electron chi connectivity index (χ4n) is 7.01. The van der Waals surface area contributed by atoms with Gasteiger partial charge in [0.1, 0.15) is 11.4 Å². The molecule has 8 rings (SSSR count). The van der Waals surface area contributed by atoms with Crippen LogP contribution in [0.5, 0.6) is 0 Å². The van der Waals surface area contributed by atoms with E-state index in [9.17, 15) is 34.9 Å². The van der Waals surface area contributed by atoms with E-state index in [1.54, 1.807) is 76.0 Å². The van der Waals surface area contributed by atoms with Gasteiger partial charge in [0.25, 0.3) is 11.4 Å². The van der Waals surface area contributed by atoms with E-state index in [-0.39, 0.29) is 21.9 Å². The van der Waals surface area contributed by atoms with E-state index in [2.05, 4.69) is 0 Å². The van der Waals surface area contributed by atoms with Crippen molar-refractivity contribution in [3.8, 4) is 11.4 Å². The van der Waals surface area contributed by atoms with Crippen molar-refractivity contribution in [1.82, 2.24) is 9.13 Å². The zero-order chi connectivity index (χ0) is 41.8. The molecule has 2 heterocycles. The van der Waals surface area contributed by atoms with Crippen LogP contribution in [-0.2, 0) is 17.6 Å². The zero-order valence-electron chi connectivity index (χ0n) is 31.1. The highest BCUT2D eigenvalue weighted by Gasteiger charge is 2.19. The number of carbonyl (C=O) groups excluding carboxylic acids is 1. The molecular formula is C45H32Cl2N4O8. The molecule has 14 heteroatoms. The lowest BCUT2D eigenvalue weighted by atomic mass is 9.99. The van der Waals surface area contributed by atoms with Crippen molar-refractivity contribution >= 4 is 68.3 Å². The van der Waals surface area contributed by atoms with Gasteiger partial charge in [0.2, 0.25) is 0 Å². The number of hydrogen-bond donors (Lipinski definition) is 1. The smallest absolute Gasteiger partial charge is 0.338 e. The van der Waals surface area contributed by atoms with Gasteiger partial charge in [-0.2, -0.15) is 0 Å². The molecule has 0 aliphatic rings. The highest BCUT2D eigenvalue weighted by molar-refractivity contribution is 6.31. The molecule has 0 spiro atoms. The number of carbonyl (C=O) groups is 2. The number of nitro benzene ring substituents is 2. The Hall–Kier alpha value is -7.28. The second-order valence-corrected chi connectivity index (χ2v) is 14.3. The predicted molar refractivity (Wildman–Crippen MR) is 227 cm³/mol. The fraction of sp³-hybridized carbons (Fsp3) is 0.0667. The third kappa shape index (κ3) is 8.54. The number of carboxylic acids is 1. The number of fused-ring (bicyclic) bond motifs is 2. The average molecular weight is 828 g/mol. The summed E-state index contributed by atoms with van der Waals surface area (Å²) in [4.78, 5) is 45.6. The van der Waals surface area contributed by atoms with Gasteiger partial charge in [-0.1, -0.05) is 71.7 Å². The van der Waals surface area contributed by atoms with Crippen LogP contribution in [0.3, 0.4) is 0 Å². The Balaban J connectivity index is 0.000000179. The van der Waals surface area contributed by atoms with E-state index >= 15 is 0 Å². The summed E-state index contributed by atoms with van der Waals surface area (Å²) in [5.74, 6) is -1.46. The summed E-state index contributed by atoms with van der Waals surface area (Å²) in [6.07, 6.45) is 4.57. The number of methoxy groups -OCH3 is 1. The van der Waals surface area contributed by atoms with E-state index in [0.717, 1.165) is 38.5 Å². The molecule has 2 aromatic heterocycles. The van der Waals surface area contributed by atoms with Crippen molar-refractivity contribution < 1.29 is 29.3 Å². The van der Waals surface area contributed by atoms with Gasteiger partial charge in [0.05, 0.1) is 39.1 Å². The minimum Gasteiger partial charge on any atom is -0.478 e. The van der Waals surface area contributed by atoms with E-state index in [0.29, 0.717) is 45.4 Å². The SMILES string of the molecule is COC(=O)c1cc(Cl)ccc1Cc1ccc2c(ccn2-c2ccccc2[N+](=O)[O-])c1.O=C(O)c1cc(Cl)ccc1Cc1ccc2c(ccn2-c2ccccc2[N+](=O)[O-])c1. The molecule has 0 fully saturated rings. The molecule has 0 unspecified atom stereocenters. The summed E-state index contributed by atoms with van der Waals surface area (Å²) >= 11 is 12.0. The molecule has 0 aliphatic carbocycles. The Kier molecular flexibility index (Phi) is 11.6. The van der Waals surface area contributed by atoms with Gasteiger partial charge in [-0.3, -0.25) is 20.2 Å². The van der Waals surface area contributed by atoms with E-state index < -0.39 is 16.9 Å². The van der Waals surface area contributed by atoms with Crippen LogP contribution in [0.2, 0.25) is 10.0 Å². The van der Waals surface area contributed by atoms with Crippen LogP contribution in [0.1, 0.15) is 43.0 Å². The number of esters is 1. The van der Waals surface area contributed by atoms with Crippen molar-refractivity contribution in [2.24, 2.45) is 0 Å². The van der Waals surface area contributed by atoms with Gasteiger partial charge in [0, 0.05) is 45.3 Å². The summed E-state index contributed by atoms with van der Waals surface area (Å²) in [7, 11) is 1.34. The minimum atomic E-state index is -1.02. The number of ether oxygens (including phenoxy) is 1. The second kappa shape index (κ2) is 17.1. The molecule has 0 amide bonds. The number of nitro groups is 2. The highest BCUT2D eigenvalue weighted by atomic mass is 35.5. The monoisotopic (exact) mass is 826 g/mol. The summed E-state index contributed by atoms with van der Waals surface area (Å²) < 4.78 is 8.45. The first-order chi connectivity index (χ1) is 28.4. The third-order valence-electron chi connectivity index (χ3n) is 9.75. The van der Waals surface area contributed by atoms with Gasteiger partial charge in [-0.25, -0.2) is 9.59 Å². The lowest BCUT2D eigenvalue weighted by Crippen LogP contribution is -2.06. The quantitative estimate of drug-likeness (QED) is 0.0810. The van der Waals surface area contributed by atoms with Crippen LogP contribution in [0, 0.1) is 20.2 Å². The Morgan fingerprint density at radius 1 is 0.610 bits per heavy atom. The Bertz CT molecular complexity index is 2940. The van der Waals surface area contributed by atoms with Crippen molar-refractivity contribution in [3.63, 3.8) is 0 Å². The molecule has 59 heavy (non-hydrogen) atoms. The molecule has 0 bridgehead atoms. The number of hydrogen-bond acceptors (Lipinski definition) is 7. The van der Waals surface area contributed by atoms with E-state index in [1.165, 1.54) is 25.3 Å². The lowest BCUT2D eigenvalue weighted by Gasteiger charge is -2.10. The fourth-order valence-corrected chi connectivity index (χ4v) is 7.36. The molecule has 0 radical (unpaired) electrons. The van der Waals surface area contributed by atoms with Crippen LogP contribution < -0.4 is 0 Å². The standard InChI is InChI=1S/C23H17ClN2O4.C22H15ClN2O4/c1-30-23(27)19-14-18(24)8-7-16(19)12-15-6-9-20-17(13-15)10-11-25(20)21-4-2-3-5-22(21)26(28)29;23-17-7-6-15(18(13-17)22(26)27)11-14-5-8-19-16(12-14)9-10-24(19)20-3-1-2-4-21(20)25(28)29/h2-11,13-14H,12H2,1H3;1-10,12-13H,11H2,(H,26,27). The molecule has 6 aromatic carbocycles. The highest BCUT2D eigenvalue weighted by Crippen LogP contribution is 2.31. The van der Waals surface area contributed by atoms with Crippen molar-refractivity contribution in [2.75, 3.05) is 7.11 Å². The molecule has 1 N–H and O–H groups in total.